The standard InChI is InChI=1S/C13H13ClN2O3S/c1-19-9-10-4-2-3-5-12(10)16-20(17,18)13-8-15-7-6-11(13)14/h2-8,16H,9H2,1H3. The Morgan fingerprint density at radius 3 is 2.75 bits per heavy atom. The molecule has 0 unspecified atom stereocenters. The number of benzene rings is 1. The number of methoxy groups -OCH3 is 1. The van der Waals surface area contributed by atoms with E-state index in [1.165, 1.54) is 18.5 Å². The number of anilines is 1. The van der Waals surface area contributed by atoms with Gasteiger partial charge in [-0.15, -0.1) is 0 Å². The fraction of sp³-hybridized carbons (Fsp3) is 0.154. The Morgan fingerprint density at radius 1 is 1.30 bits per heavy atom. The summed E-state index contributed by atoms with van der Waals surface area (Å²) in [7, 11) is -2.24. The fourth-order valence-electron chi connectivity index (χ4n) is 1.66. The molecule has 1 aromatic heterocycles. The number of nitrogens with one attached hydrogen (secondary N) is 1. The maximum absolute atomic E-state index is 12.3. The summed E-state index contributed by atoms with van der Waals surface area (Å²) in [5.74, 6) is 0. The Morgan fingerprint density at radius 2 is 2.05 bits per heavy atom. The summed E-state index contributed by atoms with van der Waals surface area (Å²) in [4.78, 5) is 3.72. The Bertz CT molecular complexity index is 704. The molecular formula is C13H13ClN2O3S. The number of halogens is 1. The van der Waals surface area contributed by atoms with E-state index in [0.29, 0.717) is 12.3 Å². The van der Waals surface area contributed by atoms with E-state index in [1.807, 2.05) is 6.07 Å². The Labute approximate surface area is 122 Å². The van der Waals surface area contributed by atoms with Crippen molar-refractivity contribution in [3.63, 3.8) is 0 Å². The van der Waals surface area contributed by atoms with Crippen LogP contribution in [0, 0.1) is 0 Å². The molecule has 2 rings (SSSR count). The molecule has 0 bridgehead atoms. The lowest BCUT2D eigenvalue weighted by Gasteiger charge is -2.12. The lowest BCUT2D eigenvalue weighted by Crippen LogP contribution is -2.15. The van der Waals surface area contributed by atoms with Gasteiger partial charge in [0.1, 0.15) is 4.90 Å². The number of ether oxygens (including phenoxy) is 1. The third-order valence-electron chi connectivity index (χ3n) is 2.59. The van der Waals surface area contributed by atoms with Crippen LogP contribution in [0.4, 0.5) is 5.69 Å². The first-order valence-electron chi connectivity index (χ1n) is 5.74. The number of rotatable bonds is 5. The predicted octanol–water partition coefficient (Wildman–Crippen LogP) is 2.68. The first-order valence-corrected chi connectivity index (χ1v) is 7.60. The lowest BCUT2D eigenvalue weighted by molar-refractivity contribution is 0.185. The summed E-state index contributed by atoms with van der Waals surface area (Å²) < 4.78 is 32.1. The largest absolute Gasteiger partial charge is 0.380 e. The number of sulfonamides is 1. The zero-order valence-electron chi connectivity index (χ0n) is 10.7. The normalized spacial score (nSPS) is 11.3. The van der Waals surface area contributed by atoms with Crippen LogP contribution in [0.5, 0.6) is 0 Å². The van der Waals surface area contributed by atoms with Gasteiger partial charge in [-0.05, 0) is 12.1 Å². The molecule has 1 aromatic carbocycles. The fourth-order valence-corrected chi connectivity index (χ4v) is 3.19. The number of pyridine rings is 1. The number of hydrogen-bond acceptors (Lipinski definition) is 4. The maximum atomic E-state index is 12.3. The van der Waals surface area contributed by atoms with Crippen LogP contribution in [-0.4, -0.2) is 20.5 Å². The minimum absolute atomic E-state index is 0.0612. The predicted molar refractivity (Wildman–Crippen MR) is 77.2 cm³/mol. The Hall–Kier alpha value is -1.63. The zero-order valence-corrected chi connectivity index (χ0v) is 12.3. The Balaban J connectivity index is 2.37. The molecule has 0 saturated carbocycles. The molecular weight excluding hydrogens is 300 g/mol. The molecule has 0 spiro atoms. The van der Waals surface area contributed by atoms with Crippen molar-refractivity contribution >= 4 is 27.3 Å². The first-order chi connectivity index (χ1) is 9.54. The molecule has 5 nitrogen and oxygen atoms in total. The molecule has 1 heterocycles. The second-order valence-corrected chi connectivity index (χ2v) is 6.06. The van der Waals surface area contributed by atoms with Gasteiger partial charge in [-0.2, -0.15) is 0 Å². The maximum Gasteiger partial charge on any atom is 0.264 e. The van der Waals surface area contributed by atoms with E-state index in [-0.39, 0.29) is 9.92 Å². The summed E-state index contributed by atoms with van der Waals surface area (Å²) in [5.41, 5.74) is 1.19. The van der Waals surface area contributed by atoms with Crippen molar-refractivity contribution < 1.29 is 13.2 Å². The molecule has 0 radical (unpaired) electrons. The monoisotopic (exact) mass is 312 g/mol. The third-order valence-corrected chi connectivity index (χ3v) is 4.42. The lowest BCUT2D eigenvalue weighted by atomic mass is 10.2. The number of para-hydroxylation sites is 1. The van der Waals surface area contributed by atoms with Gasteiger partial charge in [-0.3, -0.25) is 9.71 Å². The summed E-state index contributed by atoms with van der Waals surface area (Å²) in [5, 5.41) is 0.122. The van der Waals surface area contributed by atoms with Crippen LogP contribution < -0.4 is 4.72 Å². The summed E-state index contributed by atoms with van der Waals surface area (Å²) in [6.07, 6.45) is 2.64. The number of nitrogens with zero attached hydrogens (tertiary/aromatic N) is 1. The SMILES string of the molecule is COCc1ccccc1NS(=O)(=O)c1cnccc1Cl. The van der Waals surface area contributed by atoms with Crippen LogP contribution >= 0.6 is 11.6 Å². The van der Waals surface area contributed by atoms with E-state index in [9.17, 15) is 8.42 Å². The topological polar surface area (TPSA) is 68.3 Å². The third kappa shape index (κ3) is 3.27. The minimum atomic E-state index is -3.78. The van der Waals surface area contributed by atoms with Crippen LogP contribution in [0.1, 0.15) is 5.56 Å². The van der Waals surface area contributed by atoms with Crippen LogP contribution in [0.2, 0.25) is 5.02 Å². The number of hydrogen-bond donors (Lipinski definition) is 1. The molecule has 0 aliphatic heterocycles. The van der Waals surface area contributed by atoms with E-state index in [4.69, 9.17) is 16.3 Å². The molecule has 0 amide bonds. The molecule has 0 saturated heterocycles. The van der Waals surface area contributed by atoms with Gasteiger partial charge < -0.3 is 4.74 Å². The van der Waals surface area contributed by atoms with Gasteiger partial charge in [0.2, 0.25) is 0 Å². The van der Waals surface area contributed by atoms with E-state index >= 15 is 0 Å². The quantitative estimate of drug-likeness (QED) is 0.921. The van der Waals surface area contributed by atoms with E-state index in [1.54, 1.807) is 25.3 Å². The average Bonchev–Trinajstić information content (AvgIpc) is 2.41. The van der Waals surface area contributed by atoms with Crippen LogP contribution in [0.3, 0.4) is 0 Å². The van der Waals surface area contributed by atoms with Crippen molar-refractivity contribution in [2.45, 2.75) is 11.5 Å². The van der Waals surface area contributed by atoms with Gasteiger partial charge in [0, 0.05) is 25.1 Å². The highest BCUT2D eigenvalue weighted by Crippen LogP contribution is 2.24. The van der Waals surface area contributed by atoms with E-state index in [2.05, 4.69) is 9.71 Å². The highest BCUT2D eigenvalue weighted by molar-refractivity contribution is 7.92. The summed E-state index contributed by atoms with van der Waals surface area (Å²) >= 11 is 5.89. The average molecular weight is 313 g/mol. The first kappa shape index (κ1) is 14.8. The van der Waals surface area contributed by atoms with Crippen LogP contribution in [0.15, 0.2) is 47.6 Å². The molecule has 0 atom stereocenters. The molecule has 1 N–H and O–H groups in total. The van der Waals surface area contributed by atoms with Crippen molar-refractivity contribution in [2.75, 3.05) is 11.8 Å². The van der Waals surface area contributed by atoms with E-state index in [0.717, 1.165) is 5.56 Å². The summed E-state index contributed by atoms with van der Waals surface area (Å²) in [6.45, 7) is 0.305. The van der Waals surface area contributed by atoms with Gasteiger partial charge in [0.15, 0.2) is 0 Å². The van der Waals surface area contributed by atoms with Gasteiger partial charge in [0.25, 0.3) is 10.0 Å². The molecule has 106 valence electrons. The van der Waals surface area contributed by atoms with E-state index < -0.39 is 10.0 Å². The molecule has 20 heavy (non-hydrogen) atoms. The van der Waals surface area contributed by atoms with Crippen molar-refractivity contribution in [3.05, 3.63) is 53.3 Å². The van der Waals surface area contributed by atoms with Crippen LogP contribution in [0.25, 0.3) is 0 Å². The van der Waals surface area contributed by atoms with Crippen molar-refractivity contribution in [2.24, 2.45) is 0 Å². The Kier molecular flexibility index (Phi) is 4.59. The van der Waals surface area contributed by atoms with Crippen LogP contribution in [-0.2, 0) is 21.4 Å². The minimum Gasteiger partial charge on any atom is -0.380 e. The van der Waals surface area contributed by atoms with Gasteiger partial charge in [0.05, 0.1) is 17.3 Å². The smallest absolute Gasteiger partial charge is 0.264 e. The van der Waals surface area contributed by atoms with Crippen molar-refractivity contribution in [1.82, 2.24) is 4.98 Å². The highest BCUT2D eigenvalue weighted by atomic mass is 35.5. The molecule has 2 aromatic rings. The summed E-state index contributed by atoms with van der Waals surface area (Å²) in [6, 6.07) is 8.42. The second kappa shape index (κ2) is 6.21. The second-order valence-electron chi connectivity index (χ2n) is 4.00. The highest BCUT2D eigenvalue weighted by Gasteiger charge is 2.19. The molecule has 0 aliphatic carbocycles. The van der Waals surface area contributed by atoms with Crippen molar-refractivity contribution in [3.8, 4) is 0 Å². The zero-order chi connectivity index (χ0) is 14.6. The van der Waals surface area contributed by atoms with Gasteiger partial charge in [-0.1, -0.05) is 29.8 Å². The number of aromatic nitrogens is 1. The van der Waals surface area contributed by atoms with Gasteiger partial charge in [-0.25, -0.2) is 8.42 Å². The molecule has 0 fully saturated rings. The molecule has 7 heteroatoms. The molecule has 0 aliphatic rings. The van der Waals surface area contributed by atoms with Gasteiger partial charge >= 0.3 is 0 Å². The van der Waals surface area contributed by atoms with Crippen molar-refractivity contribution in [1.29, 1.82) is 0 Å².